The van der Waals surface area contributed by atoms with E-state index in [1.165, 1.54) is 37.9 Å². The molecule has 0 spiro atoms. The summed E-state index contributed by atoms with van der Waals surface area (Å²) in [5.74, 6) is 6.04. The topological polar surface area (TPSA) is 0 Å². The summed E-state index contributed by atoms with van der Waals surface area (Å²) in [5, 5.41) is 2.00. The number of hydrogen-bond donors (Lipinski definition) is 0. The molecule has 0 nitrogen and oxygen atoms in total. The van der Waals surface area contributed by atoms with E-state index >= 15 is 0 Å². The first-order valence-electron chi connectivity index (χ1n) is 8.19. The first-order chi connectivity index (χ1) is 8.96. The largest absolute Gasteiger partial charge is 0.134 e. The van der Waals surface area contributed by atoms with Crippen molar-refractivity contribution in [3.63, 3.8) is 0 Å². The van der Waals surface area contributed by atoms with Crippen LogP contribution < -0.4 is 0 Å². The zero-order valence-electron chi connectivity index (χ0n) is 13.3. The van der Waals surface area contributed by atoms with Crippen molar-refractivity contribution in [1.82, 2.24) is 0 Å². The van der Waals surface area contributed by atoms with Gasteiger partial charge < -0.3 is 0 Å². The van der Waals surface area contributed by atoms with Crippen LogP contribution >= 0.6 is 11.8 Å². The van der Waals surface area contributed by atoms with Gasteiger partial charge in [-0.1, -0.05) is 53.5 Å². The second-order valence-electron chi connectivity index (χ2n) is 7.71. The Labute approximate surface area is 124 Å². The van der Waals surface area contributed by atoms with Crippen molar-refractivity contribution in [1.29, 1.82) is 0 Å². The third-order valence-electron chi connectivity index (χ3n) is 6.54. The maximum atomic E-state index is 3.81. The molecule has 0 amide bonds. The van der Waals surface area contributed by atoms with Gasteiger partial charge in [-0.2, -0.15) is 0 Å². The minimum Gasteiger partial charge on any atom is -0.134 e. The van der Waals surface area contributed by atoms with E-state index in [2.05, 4.69) is 34.3 Å². The fourth-order valence-corrected chi connectivity index (χ4v) is 4.72. The second-order valence-corrected chi connectivity index (χ2v) is 8.71. The Morgan fingerprint density at radius 3 is 2.32 bits per heavy atom. The standard InChI is InChI=1S/C18H32S/c1-6-19-12-13(2)16-10-17(11-16)18(4,5)14(3)15-8-7-9-15/h6,13-17H,1,7-12H2,2-5H3. The molecule has 0 radical (unpaired) electrons. The van der Waals surface area contributed by atoms with Crippen molar-refractivity contribution in [3.05, 3.63) is 12.0 Å². The molecule has 0 heterocycles. The van der Waals surface area contributed by atoms with Gasteiger partial charge >= 0.3 is 0 Å². The SMILES string of the molecule is C=CSCC(C)C1CC(C(C)(C)C(C)C2CCC2)C1. The fraction of sp³-hybridized carbons (Fsp3) is 0.889. The van der Waals surface area contributed by atoms with Crippen LogP contribution in [0.4, 0.5) is 0 Å². The molecule has 1 heteroatoms. The molecule has 0 bridgehead atoms. The summed E-state index contributed by atoms with van der Waals surface area (Å²) in [6.07, 6.45) is 7.42. The quantitative estimate of drug-likeness (QED) is 0.552. The molecule has 2 saturated carbocycles. The summed E-state index contributed by atoms with van der Waals surface area (Å²) in [7, 11) is 0. The van der Waals surface area contributed by atoms with Crippen LogP contribution in [0.2, 0.25) is 0 Å². The maximum absolute atomic E-state index is 3.81. The van der Waals surface area contributed by atoms with E-state index in [1.807, 2.05) is 17.2 Å². The van der Waals surface area contributed by atoms with Gasteiger partial charge in [-0.3, -0.25) is 0 Å². The van der Waals surface area contributed by atoms with E-state index in [1.54, 1.807) is 0 Å². The minimum absolute atomic E-state index is 0.562. The van der Waals surface area contributed by atoms with E-state index in [0.29, 0.717) is 5.41 Å². The molecule has 0 N–H and O–H groups in total. The molecule has 110 valence electrons. The Balaban J connectivity index is 1.79. The smallest absolute Gasteiger partial charge is 0.000223 e. The van der Waals surface area contributed by atoms with E-state index in [4.69, 9.17) is 0 Å². The van der Waals surface area contributed by atoms with Crippen LogP contribution in [0, 0.1) is 35.0 Å². The van der Waals surface area contributed by atoms with Gasteiger partial charge in [0, 0.05) is 5.75 Å². The average molecular weight is 281 g/mol. The Hall–Kier alpha value is 0.0900. The molecular weight excluding hydrogens is 248 g/mol. The zero-order valence-corrected chi connectivity index (χ0v) is 14.1. The van der Waals surface area contributed by atoms with Crippen LogP contribution in [0.5, 0.6) is 0 Å². The number of hydrogen-bond acceptors (Lipinski definition) is 1. The maximum Gasteiger partial charge on any atom is 0.000223 e. The van der Waals surface area contributed by atoms with Crippen molar-refractivity contribution in [2.75, 3.05) is 5.75 Å². The molecule has 2 fully saturated rings. The van der Waals surface area contributed by atoms with Crippen molar-refractivity contribution in [2.45, 2.75) is 59.8 Å². The van der Waals surface area contributed by atoms with E-state index < -0.39 is 0 Å². The highest BCUT2D eigenvalue weighted by Gasteiger charge is 2.46. The Kier molecular flexibility index (Phi) is 5.09. The van der Waals surface area contributed by atoms with E-state index in [0.717, 1.165) is 29.6 Å². The van der Waals surface area contributed by atoms with Crippen molar-refractivity contribution < 1.29 is 0 Å². The highest BCUT2D eigenvalue weighted by molar-refractivity contribution is 8.02. The third-order valence-corrected chi connectivity index (χ3v) is 7.49. The first kappa shape index (κ1) is 15.5. The van der Waals surface area contributed by atoms with Crippen LogP contribution in [-0.2, 0) is 0 Å². The van der Waals surface area contributed by atoms with Crippen LogP contribution in [0.1, 0.15) is 59.8 Å². The molecule has 0 aromatic carbocycles. The lowest BCUT2D eigenvalue weighted by Gasteiger charge is -2.53. The lowest BCUT2D eigenvalue weighted by Crippen LogP contribution is -2.45. The molecule has 2 unspecified atom stereocenters. The zero-order chi connectivity index (χ0) is 14.0. The molecule has 2 atom stereocenters. The summed E-state index contributed by atoms with van der Waals surface area (Å²) < 4.78 is 0. The summed E-state index contributed by atoms with van der Waals surface area (Å²) >= 11 is 1.89. The predicted molar refractivity (Wildman–Crippen MR) is 88.3 cm³/mol. The predicted octanol–water partition coefficient (Wildman–Crippen LogP) is 5.99. The van der Waals surface area contributed by atoms with Crippen LogP contribution in [-0.4, -0.2) is 5.75 Å². The molecule has 0 aromatic heterocycles. The Morgan fingerprint density at radius 1 is 1.21 bits per heavy atom. The monoisotopic (exact) mass is 280 g/mol. The summed E-state index contributed by atoms with van der Waals surface area (Å²) in [6.45, 7) is 13.8. The third kappa shape index (κ3) is 3.23. The van der Waals surface area contributed by atoms with Gasteiger partial charge in [0.2, 0.25) is 0 Å². The normalized spacial score (nSPS) is 31.2. The molecule has 2 aliphatic rings. The molecule has 0 saturated heterocycles. The lowest BCUT2D eigenvalue weighted by atomic mass is 9.53. The number of thioether (sulfide) groups is 1. The van der Waals surface area contributed by atoms with Gasteiger partial charge in [0.1, 0.15) is 0 Å². The highest BCUT2D eigenvalue weighted by atomic mass is 32.2. The van der Waals surface area contributed by atoms with E-state index in [-0.39, 0.29) is 0 Å². The summed E-state index contributed by atoms with van der Waals surface area (Å²) in [4.78, 5) is 0. The van der Waals surface area contributed by atoms with Gasteiger partial charge in [0.05, 0.1) is 0 Å². The Bertz CT molecular complexity index is 297. The van der Waals surface area contributed by atoms with Gasteiger partial charge in [-0.25, -0.2) is 0 Å². The van der Waals surface area contributed by atoms with Crippen LogP contribution in [0.15, 0.2) is 12.0 Å². The minimum atomic E-state index is 0.562. The van der Waals surface area contributed by atoms with Crippen molar-refractivity contribution >= 4 is 11.8 Å². The van der Waals surface area contributed by atoms with E-state index in [9.17, 15) is 0 Å². The van der Waals surface area contributed by atoms with Gasteiger partial charge in [-0.15, -0.1) is 11.8 Å². The van der Waals surface area contributed by atoms with Crippen molar-refractivity contribution in [3.8, 4) is 0 Å². The fourth-order valence-electron chi connectivity index (χ4n) is 4.01. The Morgan fingerprint density at radius 2 is 1.84 bits per heavy atom. The summed E-state index contributed by atoms with van der Waals surface area (Å²) in [5.41, 5.74) is 0.562. The molecule has 19 heavy (non-hydrogen) atoms. The van der Waals surface area contributed by atoms with Gasteiger partial charge in [0.15, 0.2) is 0 Å². The molecule has 2 rings (SSSR count). The van der Waals surface area contributed by atoms with Crippen LogP contribution in [0.3, 0.4) is 0 Å². The summed E-state index contributed by atoms with van der Waals surface area (Å²) in [6, 6.07) is 0. The lowest BCUT2D eigenvalue weighted by molar-refractivity contribution is -0.0290. The van der Waals surface area contributed by atoms with Crippen molar-refractivity contribution in [2.24, 2.45) is 35.0 Å². The van der Waals surface area contributed by atoms with Gasteiger partial charge in [-0.05, 0) is 53.3 Å². The second kappa shape index (κ2) is 6.24. The van der Waals surface area contributed by atoms with Gasteiger partial charge in [0.25, 0.3) is 0 Å². The first-order valence-corrected chi connectivity index (χ1v) is 9.24. The molecule has 2 aliphatic carbocycles. The molecular formula is C18H32S. The molecule has 0 aromatic rings. The highest BCUT2D eigenvalue weighted by Crippen LogP contribution is 2.55. The average Bonchev–Trinajstić information content (AvgIpc) is 2.21. The number of rotatable bonds is 7. The molecule has 0 aliphatic heterocycles. The van der Waals surface area contributed by atoms with Crippen LogP contribution in [0.25, 0.3) is 0 Å².